The second-order valence-corrected chi connectivity index (χ2v) is 6.79. The minimum atomic E-state index is -0.0532. The molecule has 0 spiro atoms. The Morgan fingerprint density at radius 1 is 1.12 bits per heavy atom. The van der Waals surface area contributed by atoms with E-state index in [0.717, 1.165) is 41.5 Å². The Morgan fingerprint density at radius 3 is 2.58 bits per heavy atom. The molecule has 1 fully saturated rings. The molecular formula is C21H27N3O2. The summed E-state index contributed by atoms with van der Waals surface area (Å²) >= 11 is 0. The minimum Gasteiger partial charge on any atom is -0.493 e. The maximum Gasteiger partial charge on any atom is 0.227 e. The van der Waals surface area contributed by atoms with Crippen molar-refractivity contribution >= 4 is 17.4 Å². The predicted molar refractivity (Wildman–Crippen MR) is 105 cm³/mol. The number of anilines is 2. The van der Waals surface area contributed by atoms with Gasteiger partial charge in [-0.2, -0.15) is 0 Å². The Labute approximate surface area is 155 Å². The van der Waals surface area contributed by atoms with E-state index in [-0.39, 0.29) is 5.91 Å². The van der Waals surface area contributed by atoms with Gasteiger partial charge in [0.2, 0.25) is 5.91 Å². The number of aromatic nitrogens is 1. The van der Waals surface area contributed by atoms with Crippen molar-refractivity contribution in [3.63, 3.8) is 0 Å². The summed E-state index contributed by atoms with van der Waals surface area (Å²) in [6, 6.07) is 9.82. The van der Waals surface area contributed by atoms with Crippen LogP contribution in [0.15, 0.2) is 36.5 Å². The fourth-order valence-corrected chi connectivity index (χ4v) is 3.34. The highest BCUT2D eigenvalue weighted by atomic mass is 16.5. The molecule has 1 saturated heterocycles. The molecule has 1 aromatic carbocycles. The van der Waals surface area contributed by atoms with Gasteiger partial charge in [0, 0.05) is 19.3 Å². The van der Waals surface area contributed by atoms with Crippen LogP contribution in [0, 0.1) is 13.8 Å². The quantitative estimate of drug-likeness (QED) is 0.850. The molecule has 0 aliphatic carbocycles. The summed E-state index contributed by atoms with van der Waals surface area (Å²) in [5.74, 6) is 1.69. The van der Waals surface area contributed by atoms with Gasteiger partial charge in [0.1, 0.15) is 5.75 Å². The van der Waals surface area contributed by atoms with Crippen molar-refractivity contribution in [1.29, 1.82) is 0 Å². The highest BCUT2D eigenvalue weighted by Gasteiger charge is 2.17. The first-order valence-electron chi connectivity index (χ1n) is 9.34. The lowest BCUT2D eigenvalue weighted by Gasteiger charge is -2.29. The highest BCUT2D eigenvalue weighted by Crippen LogP contribution is 2.26. The number of nitrogens with zero attached hydrogens (tertiary/aromatic N) is 2. The van der Waals surface area contributed by atoms with Gasteiger partial charge in [-0.15, -0.1) is 0 Å². The zero-order chi connectivity index (χ0) is 18.4. The average Bonchev–Trinajstić information content (AvgIpc) is 2.65. The lowest BCUT2D eigenvalue weighted by Crippen LogP contribution is -2.31. The van der Waals surface area contributed by atoms with Crippen LogP contribution in [0.5, 0.6) is 5.75 Å². The van der Waals surface area contributed by atoms with Crippen LogP contribution >= 0.6 is 0 Å². The van der Waals surface area contributed by atoms with Crippen molar-refractivity contribution in [2.75, 3.05) is 29.9 Å². The first-order valence-corrected chi connectivity index (χ1v) is 9.34. The first kappa shape index (κ1) is 18.2. The molecule has 0 bridgehead atoms. The van der Waals surface area contributed by atoms with Crippen LogP contribution < -0.4 is 15.0 Å². The SMILES string of the molecule is Cc1cccc(C)c1OCCC(=O)Nc1cccnc1N1CCCCC1. The van der Waals surface area contributed by atoms with Gasteiger partial charge in [-0.3, -0.25) is 4.79 Å². The number of aryl methyl sites for hydroxylation is 2. The second kappa shape index (κ2) is 8.70. The summed E-state index contributed by atoms with van der Waals surface area (Å²) in [7, 11) is 0. The lowest BCUT2D eigenvalue weighted by molar-refractivity contribution is -0.116. The third kappa shape index (κ3) is 4.54. The lowest BCUT2D eigenvalue weighted by atomic mass is 10.1. The molecule has 1 aromatic heterocycles. The van der Waals surface area contributed by atoms with Crippen molar-refractivity contribution in [3.8, 4) is 5.75 Å². The summed E-state index contributed by atoms with van der Waals surface area (Å²) in [5.41, 5.74) is 2.96. The molecule has 5 heteroatoms. The summed E-state index contributed by atoms with van der Waals surface area (Å²) in [6.45, 7) is 6.38. The summed E-state index contributed by atoms with van der Waals surface area (Å²) in [4.78, 5) is 19.1. The number of carbonyl (C=O) groups is 1. The molecule has 0 saturated carbocycles. The number of ether oxygens (including phenoxy) is 1. The normalized spacial score (nSPS) is 14.2. The van der Waals surface area contributed by atoms with E-state index in [1.165, 1.54) is 19.3 Å². The number of carbonyl (C=O) groups excluding carboxylic acids is 1. The highest BCUT2D eigenvalue weighted by molar-refractivity contribution is 5.93. The predicted octanol–water partition coefficient (Wildman–Crippen LogP) is 4.10. The van der Waals surface area contributed by atoms with E-state index >= 15 is 0 Å². The molecule has 1 amide bonds. The van der Waals surface area contributed by atoms with E-state index in [1.807, 2.05) is 44.2 Å². The Balaban J connectivity index is 1.57. The molecule has 0 radical (unpaired) electrons. The van der Waals surface area contributed by atoms with Gasteiger partial charge in [-0.1, -0.05) is 18.2 Å². The number of hydrogen-bond donors (Lipinski definition) is 1. The number of rotatable bonds is 6. The van der Waals surface area contributed by atoms with Crippen LogP contribution in [-0.2, 0) is 4.79 Å². The van der Waals surface area contributed by atoms with E-state index in [9.17, 15) is 4.79 Å². The van der Waals surface area contributed by atoms with E-state index in [2.05, 4.69) is 15.2 Å². The minimum absolute atomic E-state index is 0.0532. The molecule has 5 nitrogen and oxygen atoms in total. The fourth-order valence-electron chi connectivity index (χ4n) is 3.34. The number of benzene rings is 1. The van der Waals surface area contributed by atoms with Crippen LogP contribution in [0.3, 0.4) is 0 Å². The molecule has 1 N–H and O–H groups in total. The van der Waals surface area contributed by atoms with Gasteiger partial charge in [0.25, 0.3) is 0 Å². The van der Waals surface area contributed by atoms with Crippen LogP contribution in [0.4, 0.5) is 11.5 Å². The number of para-hydroxylation sites is 1. The molecule has 26 heavy (non-hydrogen) atoms. The summed E-state index contributed by atoms with van der Waals surface area (Å²) in [6.07, 6.45) is 5.70. The largest absolute Gasteiger partial charge is 0.493 e. The number of pyridine rings is 1. The van der Waals surface area contributed by atoms with E-state index < -0.39 is 0 Å². The van der Waals surface area contributed by atoms with E-state index in [0.29, 0.717) is 13.0 Å². The van der Waals surface area contributed by atoms with Gasteiger partial charge < -0.3 is 15.0 Å². The number of amides is 1. The van der Waals surface area contributed by atoms with Gasteiger partial charge in [0.15, 0.2) is 5.82 Å². The molecule has 1 aliphatic heterocycles. The molecule has 138 valence electrons. The number of hydrogen-bond acceptors (Lipinski definition) is 4. The zero-order valence-electron chi connectivity index (χ0n) is 15.6. The third-order valence-electron chi connectivity index (χ3n) is 4.70. The van der Waals surface area contributed by atoms with Gasteiger partial charge >= 0.3 is 0 Å². The second-order valence-electron chi connectivity index (χ2n) is 6.79. The molecule has 1 aliphatic rings. The van der Waals surface area contributed by atoms with Crippen LogP contribution in [0.1, 0.15) is 36.8 Å². The van der Waals surface area contributed by atoms with Crippen molar-refractivity contribution in [1.82, 2.24) is 4.98 Å². The van der Waals surface area contributed by atoms with E-state index in [4.69, 9.17) is 4.74 Å². The van der Waals surface area contributed by atoms with Crippen molar-refractivity contribution < 1.29 is 9.53 Å². The van der Waals surface area contributed by atoms with Crippen molar-refractivity contribution in [3.05, 3.63) is 47.7 Å². The topological polar surface area (TPSA) is 54.5 Å². The van der Waals surface area contributed by atoms with Crippen LogP contribution in [0.2, 0.25) is 0 Å². The van der Waals surface area contributed by atoms with Gasteiger partial charge in [-0.25, -0.2) is 4.98 Å². The Kier molecular flexibility index (Phi) is 6.10. The zero-order valence-corrected chi connectivity index (χ0v) is 15.6. The maximum atomic E-state index is 12.4. The Morgan fingerprint density at radius 2 is 1.85 bits per heavy atom. The van der Waals surface area contributed by atoms with Gasteiger partial charge in [-0.05, 0) is 56.4 Å². The molecule has 0 atom stereocenters. The third-order valence-corrected chi connectivity index (χ3v) is 4.70. The molecule has 2 aromatic rings. The summed E-state index contributed by atoms with van der Waals surface area (Å²) in [5, 5.41) is 3.00. The fraction of sp³-hybridized carbons (Fsp3) is 0.429. The molecule has 0 unspecified atom stereocenters. The van der Waals surface area contributed by atoms with Gasteiger partial charge in [0.05, 0.1) is 18.7 Å². The first-order chi connectivity index (χ1) is 12.6. The van der Waals surface area contributed by atoms with Crippen molar-refractivity contribution in [2.24, 2.45) is 0 Å². The van der Waals surface area contributed by atoms with Crippen LogP contribution in [-0.4, -0.2) is 30.6 Å². The van der Waals surface area contributed by atoms with Crippen molar-refractivity contribution in [2.45, 2.75) is 39.5 Å². The molecule has 2 heterocycles. The standard InChI is InChI=1S/C21H27N3O2/c1-16-8-6-9-17(2)20(16)26-15-11-19(25)23-18-10-7-12-22-21(18)24-13-4-3-5-14-24/h6-10,12H,3-5,11,13-15H2,1-2H3,(H,23,25). The molecular weight excluding hydrogens is 326 g/mol. The smallest absolute Gasteiger partial charge is 0.227 e. The molecule has 3 rings (SSSR count). The van der Waals surface area contributed by atoms with Crippen LogP contribution in [0.25, 0.3) is 0 Å². The summed E-state index contributed by atoms with van der Waals surface area (Å²) < 4.78 is 5.84. The number of nitrogens with one attached hydrogen (secondary N) is 1. The average molecular weight is 353 g/mol. The Bertz CT molecular complexity index is 734. The maximum absolute atomic E-state index is 12.4. The van der Waals surface area contributed by atoms with E-state index in [1.54, 1.807) is 6.20 Å². The Hall–Kier alpha value is -2.56. The number of piperidine rings is 1. The monoisotopic (exact) mass is 353 g/mol.